The molecular formula is C20H22FN3O3. The Morgan fingerprint density at radius 1 is 1.30 bits per heavy atom. The summed E-state index contributed by atoms with van der Waals surface area (Å²) in [5.74, 6) is -0.596. The Labute approximate surface area is 157 Å². The Bertz CT molecular complexity index is 846. The third-order valence-corrected chi connectivity index (χ3v) is 4.06. The van der Waals surface area contributed by atoms with Crippen molar-refractivity contribution in [3.05, 3.63) is 59.7 Å². The average molecular weight is 371 g/mol. The van der Waals surface area contributed by atoms with E-state index in [1.54, 1.807) is 50.1 Å². The van der Waals surface area contributed by atoms with Crippen LogP contribution in [0.25, 0.3) is 0 Å². The van der Waals surface area contributed by atoms with Crippen LogP contribution in [0.3, 0.4) is 0 Å². The van der Waals surface area contributed by atoms with Crippen LogP contribution in [0.15, 0.2) is 42.6 Å². The zero-order chi connectivity index (χ0) is 19.6. The van der Waals surface area contributed by atoms with E-state index in [1.165, 1.54) is 12.1 Å². The fourth-order valence-electron chi connectivity index (χ4n) is 2.92. The summed E-state index contributed by atoms with van der Waals surface area (Å²) in [5.41, 5.74) is 1.51. The van der Waals surface area contributed by atoms with Gasteiger partial charge in [0, 0.05) is 12.6 Å². The summed E-state index contributed by atoms with van der Waals surface area (Å²) in [6, 6.07) is 8.75. The number of carbonyl (C=O) groups excluding carboxylic acids is 2. The van der Waals surface area contributed by atoms with Crippen molar-refractivity contribution in [3.8, 4) is 0 Å². The molecule has 0 bridgehead atoms. The summed E-state index contributed by atoms with van der Waals surface area (Å²) in [4.78, 5) is 31.0. The standard InChI is InChI=1S/C20H22FN3O3/c1-20(2,3)27-19(26)23-16-11-15-17(5-4-10-22-15)24(18(16)25)12-13-6-8-14(21)9-7-13/h4-10,16H,11-12H2,1-3H3,(H,23,26). The normalized spacial score (nSPS) is 16.7. The molecule has 0 aliphatic carbocycles. The van der Waals surface area contributed by atoms with Gasteiger partial charge in [-0.25, -0.2) is 9.18 Å². The summed E-state index contributed by atoms with van der Waals surface area (Å²) in [7, 11) is 0. The topological polar surface area (TPSA) is 71.5 Å². The van der Waals surface area contributed by atoms with E-state index >= 15 is 0 Å². The molecule has 2 aromatic rings. The largest absolute Gasteiger partial charge is 0.444 e. The van der Waals surface area contributed by atoms with Crippen molar-refractivity contribution in [2.45, 2.75) is 45.4 Å². The molecule has 2 amide bonds. The quantitative estimate of drug-likeness (QED) is 0.899. The number of anilines is 1. The van der Waals surface area contributed by atoms with E-state index in [0.717, 1.165) is 5.56 Å². The predicted octanol–water partition coefficient (Wildman–Crippen LogP) is 3.20. The molecule has 7 heteroatoms. The van der Waals surface area contributed by atoms with E-state index in [4.69, 9.17) is 4.74 Å². The van der Waals surface area contributed by atoms with Crippen LogP contribution in [-0.2, 0) is 22.5 Å². The number of alkyl carbamates (subject to hydrolysis) is 1. The van der Waals surface area contributed by atoms with Crippen LogP contribution in [0.2, 0.25) is 0 Å². The maximum Gasteiger partial charge on any atom is 0.408 e. The SMILES string of the molecule is CC(C)(C)OC(=O)NC1Cc2ncccc2N(Cc2ccc(F)cc2)C1=O. The Morgan fingerprint density at radius 2 is 2.00 bits per heavy atom. The fourth-order valence-corrected chi connectivity index (χ4v) is 2.92. The van der Waals surface area contributed by atoms with Gasteiger partial charge in [-0.3, -0.25) is 9.78 Å². The number of carbonyl (C=O) groups is 2. The second kappa shape index (κ2) is 7.34. The molecule has 0 spiro atoms. The number of nitrogens with one attached hydrogen (secondary N) is 1. The van der Waals surface area contributed by atoms with E-state index < -0.39 is 17.7 Å². The summed E-state index contributed by atoms with van der Waals surface area (Å²) in [6.07, 6.45) is 1.28. The van der Waals surface area contributed by atoms with Gasteiger partial charge in [-0.15, -0.1) is 0 Å². The molecule has 1 N–H and O–H groups in total. The number of rotatable bonds is 3. The lowest BCUT2D eigenvalue weighted by Gasteiger charge is -2.34. The molecule has 6 nitrogen and oxygen atoms in total. The molecule has 0 saturated carbocycles. The molecule has 0 fully saturated rings. The van der Waals surface area contributed by atoms with Crippen molar-refractivity contribution < 1.29 is 18.7 Å². The maximum atomic E-state index is 13.2. The highest BCUT2D eigenvalue weighted by atomic mass is 19.1. The number of aromatic nitrogens is 1. The van der Waals surface area contributed by atoms with Gasteiger partial charge in [-0.1, -0.05) is 12.1 Å². The van der Waals surface area contributed by atoms with Gasteiger partial charge in [0.2, 0.25) is 5.91 Å². The van der Waals surface area contributed by atoms with Crippen LogP contribution in [0.4, 0.5) is 14.9 Å². The lowest BCUT2D eigenvalue weighted by atomic mass is 10.0. The molecule has 1 unspecified atom stereocenters. The van der Waals surface area contributed by atoms with Crippen molar-refractivity contribution in [2.24, 2.45) is 0 Å². The van der Waals surface area contributed by atoms with Crippen molar-refractivity contribution in [1.82, 2.24) is 10.3 Å². The first-order valence-corrected chi connectivity index (χ1v) is 8.72. The number of amides is 2. The average Bonchev–Trinajstić information content (AvgIpc) is 2.58. The number of benzene rings is 1. The fraction of sp³-hybridized carbons (Fsp3) is 0.350. The highest BCUT2D eigenvalue weighted by Crippen LogP contribution is 2.28. The van der Waals surface area contributed by atoms with Gasteiger partial charge in [0.25, 0.3) is 0 Å². The van der Waals surface area contributed by atoms with Crippen LogP contribution < -0.4 is 10.2 Å². The minimum absolute atomic E-state index is 0.254. The molecule has 3 rings (SSSR count). The predicted molar refractivity (Wildman–Crippen MR) is 98.7 cm³/mol. The Kier molecular flexibility index (Phi) is 5.12. The zero-order valence-corrected chi connectivity index (χ0v) is 15.5. The monoisotopic (exact) mass is 371 g/mol. The van der Waals surface area contributed by atoms with Crippen LogP contribution >= 0.6 is 0 Å². The molecule has 27 heavy (non-hydrogen) atoms. The van der Waals surface area contributed by atoms with Gasteiger partial charge >= 0.3 is 6.09 Å². The lowest BCUT2D eigenvalue weighted by molar-refractivity contribution is -0.121. The van der Waals surface area contributed by atoms with Crippen LogP contribution in [-0.4, -0.2) is 28.6 Å². The van der Waals surface area contributed by atoms with E-state index in [-0.39, 0.29) is 24.7 Å². The maximum absolute atomic E-state index is 13.2. The molecule has 1 aromatic carbocycles. The van der Waals surface area contributed by atoms with Gasteiger partial charge in [0.15, 0.2) is 0 Å². The van der Waals surface area contributed by atoms with Gasteiger partial charge in [0.1, 0.15) is 17.5 Å². The molecule has 1 aromatic heterocycles. The molecule has 2 heterocycles. The van der Waals surface area contributed by atoms with Gasteiger partial charge in [0.05, 0.1) is 17.9 Å². The van der Waals surface area contributed by atoms with Crippen molar-refractivity contribution in [3.63, 3.8) is 0 Å². The van der Waals surface area contributed by atoms with E-state index in [1.807, 2.05) is 6.07 Å². The molecule has 1 aliphatic heterocycles. The summed E-state index contributed by atoms with van der Waals surface area (Å²) >= 11 is 0. The number of nitrogens with zero attached hydrogens (tertiary/aromatic N) is 2. The first-order chi connectivity index (χ1) is 12.7. The number of ether oxygens (including phenoxy) is 1. The lowest BCUT2D eigenvalue weighted by Crippen LogP contribution is -2.53. The molecule has 1 aliphatic rings. The molecular weight excluding hydrogens is 349 g/mol. The molecule has 142 valence electrons. The Hall–Kier alpha value is -2.96. The minimum Gasteiger partial charge on any atom is -0.444 e. The van der Waals surface area contributed by atoms with Gasteiger partial charge < -0.3 is 15.0 Å². The zero-order valence-electron chi connectivity index (χ0n) is 15.5. The van der Waals surface area contributed by atoms with E-state index in [9.17, 15) is 14.0 Å². The smallest absolute Gasteiger partial charge is 0.408 e. The van der Waals surface area contributed by atoms with Crippen LogP contribution in [0, 0.1) is 5.82 Å². The third kappa shape index (κ3) is 4.61. The van der Waals surface area contributed by atoms with Gasteiger partial charge in [-0.2, -0.15) is 0 Å². The highest BCUT2D eigenvalue weighted by molar-refractivity contribution is 6.01. The van der Waals surface area contributed by atoms with E-state index in [0.29, 0.717) is 11.4 Å². The second-order valence-corrected chi connectivity index (χ2v) is 7.42. The summed E-state index contributed by atoms with van der Waals surface area (Å²) in [5, 5.41) is 2.64. The summed E-state index contributed by atoms with van der Waals surface area (Å²) < 4.78 is 18.4. The highest BCUT2D eigenvalue weighted by Gasteiger charge is 2.35. The second-order valence-electron chi connectivity index (χ2n) is 7.42. The Balaban J connectivity index is 1.84. The number of hydrogen-bond acceptors (Lipinski definition) is 4. The third-order valence-electron chi connectivity index (χ3n) is 4.06. The van der Waals surface area contributed by atoms with Gasteiger partial charge in [-0.05, 0) is 50.6 Å². The van der Waals surface area contributed by atoms with Crippen LogP contribution in [0.5, 0.6) is 0 Å². The van der Waals surface area contributed by atoms with Crippen molar-refractivity contribution >= 4 is 17.7 Å². The van der Waals surface area contributed by atoms with Crippen LogP contribution in [0.1, 0.15) is 32.0 Å². The number of hydrogen-bond donors (Lipinski definition) is 1. The first-order valence-electron chi connectivity index (χ1n) is 8.72. The number of halogens is 1. The minimum atomic E-state index is -0.775. The molecule has 0 saturated heterocycles. The molecule has 0 radical (unpaired) electrons. The number of fused-ring (bicyclic) bond motifs is 1. The van der Waals surface area contributed by atoms with Crippen molar-refractivity contribution in [2.75, 3.05) is 4.90 Å². The molecule has 1 atom stereocenters. The van der Waals surface area contributed by atoms with E-state index in [2.05, 4.69) is 10.3 Å². The first kappa shape index (κ1) is 18.8. The number of pyridine rings is 1. The summed E-state index contributed by atoms with van der Waals surface area (Å²) in [6.45, 7) is 5.53. The Morgan fingerprint density at radius 3 is 2.67 bits per heavy atom. The van der Waals surface area contributed by atoms with Crippen molar-refractivity contribution in [1.29, 1.82) is 0 Å².